The second-order valence-corrected chi connectivity index (χ2v) is 6.38. The number of benzene rings is 1. The van der Waals surface area contributed by atoms with Crippen LogP contribution >= 0.6 is 11.8 Å². The summed E-state index contributed by atoms with van der Waals surface area (Å²) in [5.41, 5.74) is 0.975. The monoisotopic (exact) mass is 319 g/mol. The number of hydrogen-bond donors (Lipinski definition) is 0. The maximum atomic E-state index is 10.8. The van der Waals surface area contributed by atoms with Crippen molar-refractivity contribution in [3.8, 4) is 0 Å². The van der Waals surface area contributed by atoms with Gasteiger partial charge in [0.25, 0.3) is 10.9 Å². The first-order chi connectivity index (χ1) is 10.7. The quantitative estimate of drug-likeness (QED) is 0.464. The molecule has 1 saturated carbocycles. The van der Waals surface area contributed by atoms with Crippen molar-refractivity contribution in [3.05, 3.63) is 45.8 Å². The van der Waals surface area contributed by atoms with Crippen LogP contribution in [0, 0.1) is 10.1 Å². The average Bonchev–Trinajstić information content (AvgIpc) is 3.03. The molecular weight excluding hydrogens is 302 g/mol. The number of thioether (sulfide) groups is 1. The lowest BCUT2D eigenvalue weighted by Gasteiger charge is -2.17. The summed E-state index contributed by atoms with van der Waals surface area (Å²) in [5, 5.41) is 19.5. The van der Waals surface area contributed by atoms with E-state index in [-0.39, 0.29) is 10.6 Å². The molecule has 1 heterocycles. The molecule has 1 aliphatic carbocycles. The van der Waals surface area contributed by atoms with Gasteiger partial charge in [0.1, 0.15) is 0 Å². The zero-order valence-corrected chi connectivity index (χ0v) is 12.9. The zero-order chi connectivity index (χ0) is 15.4. The molecule has 1 aromatic heterocycles. The third kappa shape index (κ3) is 3.65. The minimum absolute atomic E-state index is 0.103. The van der Waals surface area contributed by atoms with Crippen molar-refractivity contribution in [2.24, 2.45) is 0 Å². The molecule has 1 aromatic carbocycles. The molecule has 116 valence electrons. The van der Waals surface area contributed by atoms with E-state index in [0.717, 1.165) is 24.3 Å². The second-order valence-electron chi connectivity index (χ2n) is 5.46. The Morgan fingerprint density at radius 3 is 2.86 bits per heavy atom. The molecular formula is C15H17N3O3S. The third-order valence-corrected chi connectivity index (χ3v) is 4.75. The molecule has 2 aromatic rings. The van der Waals surface area contributed by atoms with E-state index in [1.165, 1.54) is 37.1 Å². The first-order valence-electron chi connectivity index (χ1n) is 7.42. The van der Waals surface area contributed by atoms with Crippen LogP contribution in [0.1, 0.15) is 49.5 Å². The molecule has 0 N–H and O–H groups in total. The van der Waals surface area contributed by atoms with Crippen molar-refractivity contribution in [3.63, 3.8) is 0 Å². The maximum absolute atomic E-state index is 10.8. The molecule has 6 nitrogen and oxygen atoms in total. The van der Waals surface area contributed by atoms with Crippen LogP contribution in [0.2, 0.25) is 0 Å². The Morgan fingerprint density at radius 2 is 2.09 bits per heavy atom. The van der Waals surface area contributed by atoms with Crippen molar-refractivity contribution in [2.45, 2.75) is 49.0 Å². The summed E-state index contributed by atoms with van der Waals surface area (Å²) in [6.07, 6.45) is 5.99. The number of nitro benzene ring substituents is 1. The summed E-state index contributed by atoms with van der Waals surface area (Å²) < 4.78 is 5.73. The molecule has 0 unspecified atom stereocenters. The standard InChI is InChI=1S/C15H17N3O3S/c19-18(20)13-8-4-5-11(9-13)10-22-15-17-16-14(21-15)12-6-2-1-3-7-12/h4-5,8-9,12H,1-3,6-7,10H2. The highest BCUT2D eigenvalue weighted by Gasteiger charge is 2.21. The number of rotatable bonds is 5. The van der Waals surface area contributed by atoms with E-state index in [9.17, 15) is 10.1 Å². The summed E-state index contributed by atoms with van der Waals surface area (Å²) >= 11 is 1.42. The molecule has 7 heteroatoms. The molecule has 0 atom stereocenters. The second kappa shape index (κ2) is 6.91. The van der Waals surface area contributed by atoms with Gasteiger partial charge in [-0.1, -0.05) is 43.2 Å². The van der Waals surface area contributed by atoms with Crippen LogP contribution in [0.25, 0.3) is 0 Å². The fourth-order valence-corrected chi connectivity index (χ4v) is 3.41. The highest BCUT2D eigenvalue weighted by molar-refractivity contribution is 7.98. The van der Waals surface area contributed by atoms with Crippen LogP contribution in [-0.2, 0) is 5.75 Å². The largest absolute Gasteiger partial charge is 0.416 e. The Hall–Kier alpha value is -1.89. The SMILES string of the molecule is O=[N+]([O-])c1cccc(CSc2nnc(C3CCCCC3)o2)c1. The number of aromatic nitrogens is 2. The molecule has 0 bridgehead atoms. The molecule has 1 aliphatic rings. The van der Waals surface area contributed by atoms with E-state index < -0.39 is 0 Å². The summed E-state index contributed by atoms with van der Waals surface area (Å²) in [5.74, 6) is 1.71. The van der Waals surface area contributed by atoms with Crippen molar-refractivity contribution < 1.29 is 9.34 Å². The highest BCUT2D eigenvalue weighted by Crippen LogP contribution is 2.33. The van der Waals surface area contributed by atoms with Crippen molar-refractivity contribution in [1.29, 1.82) is 0 Å². The molecule has 0 spiro atoms. The smallest absolute Gasteiger partial charge is 0.276 e. The van der Waals surface area contributed by atoms with Crippen LogP contribution in [-0.4, -0.2) is 15.1 Å². The van der Waals surface area contributed by atoms with Gasteiger partial charge in [-0.15, -0.1) is 10.2 Å². The Labute approximate surface area is 132 Å². The van der Waals surface area contributed by atoms with E-state index in [1.54, 1.807) is 12.1 Å². The normalized spacial score (nSPS) is 15.8. The topological polar surface area (TPSA) is 82.1 Å². The lowest BCUT2D eigenvalue weighted by atomic mass is 9.89. The number of non-ortho nitro benzene ring substituents is 1. The van der Waals surface area contributed by atoms with E-state index in [2.05, 4.69) is 10.2 Å². The first-order valence-corrected chi connectivity index (χ1v) is 8.40. The van der Waals surface area contributed by atoms with Crippen LogP contribution in [0.3, 0.4) is 0 Å². The Bertz CT molecular complexity index is 653. The predicted molar refractivity (Wildman–Crippen MR) is 82.8 cm³/mol. The van der Waals surface area contributed by atoms with Crippen molar-refractivity contribution in [2.75, 3.05) is 0 Å². The Morgan fingerprint density at radius 1 is 1.27 bits per heavy atom. The number of nitro groups is 1. The van der Waals surface area contributed by atoms with E-state index in [1.807, 2.05) is 6.07 Å². The zero-order valence-electron chi connectivity index (χ0n) is 12.1. The van der Waals surface area contributed by atoms with Crippen LogP contribution in [0.15, 0.2) is 33.9 Å². The molecule has 0 radical (unpaired) electrons. The van der Waals surface area contributed by atoms with Crippen LogP contribution in [0.5, 0.6) is 0 Å². The van der Waals surface area contributed by atoms with Gasteiger partial charge in [-0.05, 0) is 18.4 Å². The van der Waals surface area contributed by atoms with Gasteiger partial charge in [0.15, 0.2) is 0 Å². The van der Waals surface area contributed by atoms with E-state index in [4.69, 9.17) is 4.42 Å². The molecule has 0 amide bonds. The Balaban J connectivity index is 1.61. The van der Waals surface area contributed by atoms with Gasteiger partial charge in [0, 0.05) is 23.8 Å². The minimum Gasteiger partial charge on any atom is -0.416 e. The van der Waals surface area contributed by atoms with Crippen LogP contribution in [0.4, 0.5) is 5.69 Å². The highest BCUT2D eigenvalue weighted by atomic mass is 32.2. The van der Waals surface area contributed by atoms with Gasteiger partial charge in [0.2, 0.25) is 5.89 Å². The molecule has 1 fully saturated rings. The summed E-state index contributed by atoms with van der Waals surface area (Å²) in [4.78, 5) is 10.4. The summed E-state index contributed by atoms with van der Waals surface area (Å²) in [6.45, 7) is 0. The van der Waals surface area contributed by atoms with Crippen LogP contribution < -0.4 is 0 Å². The van der Waals surface area contributed by atoms with Gasteiger partial charge in [0.05, 0.1) is 4.92 Å². The summed E-state index contributed by atoms with van der Waals surface area (Å²) in [6, 6.07) is 6.61. The van der Waals surface area contributed by atoms with Gasteiger partial charge < -0.3 is 4.42 Å². The van der Waals surface area contributed by atoms with Crippen molar-refractivity contribution in [1.82, 2.24) is 10.2 Å². The average molecular weight is 319 g/mol. The first kappa shape index (κ1) is 15.0. The third-order valence-electron chi connectivity index (χ3n) is 3.86. The fraction of sp³-hybridized carbons (Fsp3) is 0.467. The predicted octanol–water partition coefficient (Wildman–Crippen LogP) is 4.32. The van der Waals surface area contributed by atoms with Gasteiger partial charge in [-0.2, -0.15) is 0 Å². The van der Waals surface area contributed by atoms with Gasteiger partial charge in [-0.3, -0.25) is 10.1 Å². The molecule has 22 heavy (non-hydrogen) atoms. The summed E-state index contributed by atoms with van der Waals surface area (Å²) in [7, 11) is 0. The lowest BCUT2D eigenvalue weighted by Crippen LogP contribution is -2.04. The molecule has 0 saturated heterocycles. The van der Waals surface area contributed by atoms with Gasteiger partial charge in [-0.25, -0.2) is 0 Å². The number of nitrogens with zero attached hydrogens (tertiary/aromatic N) is 3. The molecule has 0 aliphatic heterocycles. The van der Waals surface area contributed by atoms with E-state index >= 15 is 0 Å². The minimum atomic E-state index is -0.387. The fourth-order valence-electron chi connectivity index (χ4n) is 2.70. The maximum Gasteiger partial charge on any atom is 0.276 e. The van der Waals surface area contributed by atoms with Crippen molar-refractivity contribution >= 4 is 17.4 Å². The molecule has 3 rings (SSSR count). The number of hydrogen-bond acceptors (Lipinski definition) is 6. The lowest BCUT2D eigenvalue weighted by molar-refractivity contribution is -0.384. The van der Waals surface area contributed by atoms with E-state index in [0.29, 0.717) is 16.9 Å². The van der Waals surface area contributed by atoms with Gasteiger partial charge >= 0.3 is 0 Å². The Kier molecular flexibility index (Phi) is 4.72.